The minimum atomic E-state index is -1.07. The highest BCUT2D eigenvalue weighted by atomic mass is 16.7. The number of carboxylic acid groups (broad SMARTS) is 1. The lowest BCUT2D eigenvalue weighted by atomic mass is 9.96. The summed E-state index contributed by atoms with van der Waals surface area (Å²) in [7, 11) is 0. The molecular formula is C30H29N5O6. The van der Waals surface area contributed by atoms with Crippen LogP contribution in [-0.2, 0) is 14.4 Å². The number of benzene rings is 3. The lowest BCUT2D eigenvalue weighted by Gasteiger charge is -2.25. The maximum atomic E-state index is 13.2. The number of piperazine rings is 1. The Kier molecular flexibility index (Phi) is 8.09. The van der Waals surface area contributed by atoms with Crippen LogP contribution in [0, 0.1) is 6.92 Å². The molecule has 5 N–H and O–H groups in total. The molecule has 0 aromatic heterocycles. The van der Waals surface area contributed by atoms with E-state index in [0.29, 0.717) is 59.0 Å². The van der Waals surface area contributed by atoms with Gasteiger partial charge in [0.2, 0.25) is 5.91 Å². The second-order valence-electron chi connectivity index (χ2n) is 9.70. The maximum Gasteiger partial charge on any atom is 0.336 e. The van der Waals surface area contributed by atoms with Gasteiger partial charge in [0.25, 0.3) is 11.8 Å². The predicted octanol–water partition coefficient (Wildman–Crippen LogP) is 2.72. The van der Waals surface area contributed by atoms with E-state index in [1.54, 1.807) is 37.3 Å². The molecule has 1 saturated heterocycles. The second kappa shape index (κ2) is 12.0. The van der Waals surface area contributed by atoms with Gasteiger partial charge in [-0.15, -0.1) is 0 Å². The number of aromatic carboxylic acids is 1. The van der Waals surface area contributed by atoms with Crippen molar-refractivity contribution in [1.82, 2.24) is 15.7 Å². The van der Waals surface area contributed by atoms with Crippen molar-refractivity contribution in [3.63, 3.8) is 0 Å². The normalized spacial score (nSPS) is 15.9. The number of carbonyl (C=O) groups is 4. The average Bonchev–Trinajstić information content (AvgIpc) is 3.28. The summed E-state index contributed by atoms with van der Waals surface area (Å²) in [5.74, 6) is -1.86. The van der Waals surface area contributed by atoms with E-state index in [0.717, 1.165) is 12.1 Å². The molecule has 1 fully saturated rings. The quantitative estimate of drug-likeness (QED) is 0.154. The van der Waals surface area contributed by atoms with Crippen molar-refractivity contribution < 1.29 is 29.1 Å². The summed E-state index contributed by atoms with van der Waals surface area (Å²) in [6.07, 6.45) is 0. The number of nitrogens with zero attached hydrogens (tertiary/aromatic N) is 1. The van der Waals surface area contributed by atoms with Crippen LogP contribution in [0.3, 0.4) is 0 Å². The van der Waals surface area contributed by atoms with Crippen LogP contribution in [0.25, 0.3) is 11.3 Å². The molecule has 3 aromatic rings. The van der Waals surface area contributed by atoms with E-state index in [1.165, 1.54) is 6.07 Å². The average molecular weight is 556 g/mol. The van der Waals surface area contributed by atoms with E-state index in [4.69, 9.17) is 4.84 Å². The molecule has 0 bridgehead atoms. The molecule has 11 heteroatoms. The van der Waals surface area contributed by atoms with Crippen molar-refractivity contribution in [3.8, 4) is 0 Å². The molecule has 0 spiro atoms. The molecule has 2 aliphatic rings. The summed E-state index contributed by atoms with van der Waals surface area (Å²) in [6, 6.07) is 19.2. The number of hydrogen-bond acceptors (Lipinski definition) is 7. The highest BCUT2D eigenvalue weighted by Gasteiger charge is 2.30. The summed E-state index contributed by atoms with van der Waals surface area (Å²) in [4.78, 5) is 56.1. The molecule has 3 aromatic carbocycles. The lowest BCUT2D eigenvalue weighted by molar-refractivity contribution is -0.124. The van der Waals surface area contributed by atoms with E-state index >= 15 is 0 Å². The zero-order valence-corrected chi connectivity index (χ0v) is 22.3. The van der Waals surface area contributed by atoms with Gasteiger partial charge in [-0.3, -0.25) is 24.1 Å². The van der Waals surface area contributed by atoms with E-state index in [9.17, 15) is 24.3 Å². The number of aryl methyl sites for hydroxylation is 1. The van der Waals surface area contributed by atoms with Gasteiger partial charge in [0.15, 0.2) is 0 Å². The van der Waals surface area contributed by atoms with Gasteiger partial charge < -0.3 is 21.1 Å². The van der Waals surface area contributed by atoms with Crippen LogP contribution < -0.4 is 21.4 Å². The van der Waals surface area contributed by atoms with Crippen molar-refractivity contribution >= 4 is 46.3 Å². The number of hydrogen-bond donors (Lipinski definition) is 5. The smallest absolute Gasteiger partial charge is 0.336 e. The van der Waals surface area contributed by atoms with Crippen molar-refractivity contribution in [2.75, 3.05) is 43.4 Å². The lowest BCUT2D eigenvalue weighted by Crippen LogP contribution is -2.48. The fraction of sp³-hybridized carbons (Fsp3) is 0.200. The topological polar surface area (TPSA) is 149 Å². The van der Waals surface area contributed by atoms with Crippen molar-refractivity contribution in [2.24, 2.45) is 0 Å². The third-order valence-electron chi connectivity index (χ3n) is 6.86. The van der Waals surface area contributed by atoms with Crippen LogP contribution in [0.15, 0.2) is 66.7 Å². The number of carboxylic acids is 1. The molecule has 41 heavy (non-hydrogen) atoms. The third-order valence-corrected chi connectivity index (χ3v) is 6.86. The van der Waals surface area contributed by atoms with Gasteiger partial charge in [0.1, 0.15) is 0 Å². The molecule has 210 valence electrons. The van der Waals surface area contributed by atoms with E-state index in [1.807, 2.05) is 35.2 Å². The zero-order valence-electron chi connectivity index (χ0n) is 22.3. The molecule has 2 aliphatic heterocycles. The number of anilines is 2. The summed E-state index contributed by atoms with van der Waals surface area (Å²) in [6.45, 7) is 4.08. The predicted molar refractivity (Wildman–Crippen MR) is 153 cm³/mol. The summed E-state index contributed by atoms with van der Waals surface area (Å²) < 4.78 is 0. The monoisotopic (exact) mass is 555 g/mol. The molecule has 0 saturated carbocycles. The first-order valence-electron chi connectivity index (χ1n) is 13.1. The molecule has 2 heterocycles. The highest BCUT2D eigenvalue weighted by Crippen LogP contribution is 2.39. The molecule has 3 amide bonds. The summed E-state index contributed by atoms with van der Waals surface area (Å²) in [5.41, 5.74) is 6.80. The van der Waals surface area contributed by atoms with Gasteiger partial charge in [-0.05, 0) is 54.4 Å². The Morgan fingerprint density at radius 2 is 1.78 bits per heavy atom. The fourth-order valence-electron chi connectivity index (χ4n) is 4.77. The Labute approximate surface area is 236 Å². The Bertz CT molecular complexity index is 1530. The first kappa shape index (κ1) is 27.6. The maximum absolute atomic E-state index is 13.2. The van der Waals surface area contributed by atoms with Gasteiger partial charge in [0.05, 0.1) is 35.7 Å². The van der Waals surface area contributed by atoms with Crippen molar-refractivity contribution in [1.29, 1.82) is 0 Å². The van der Waals surface area contributed by atoms with Gasteiger partial charge in [-0.2, -0.15) is 0 Å². The molecule has 0 unspecified atom stereocenters. The molecule has 0 atom stereocenters. The summed E-state index contributed by atoms with van der Waals surface area (Å²) in [5, 5.41) is 18.4. The second-order valence-corrected chi connectivity index (χ2v) is 9.70. The van der Waals surface area contributed by atoms with Gasteiger partial charge in [0, 0.05) is 36.4 Å². The van der Waals surface area contributed by atoms with Gasteiger partial charge in [-0.1, -0.05) is 30.3 Å². The van der Waals surface area contributed by atoms with Crippen LogP contribution in [0.4, 0.5) is 11.4 Å². The minimum absolute atomic E-state index is 0.0275. The van der Waals surface area contributed by atoms with E-state index < -0.39 is 11.9 Å². The first-order chi connectivity index (χ1) is 19.8. The van der Waals surface area contributed by atoms with Crippen LogP contribution in [0.5, 0.6) is 0 Å². The van der Waals surface area contributed by atoms with E-state index in [2.05, 4.69) is 21.4 Å². The van der Waals surface area contributed by atoms with Crippen LogP contribution in [0.2, 0.25) is 0 Å². The summed E-state index contributed by atoms with van der Waals surface area (Å²) >= 11 is 0. The van der Waals surface area contributed by atoms with Crippen molar-refractivity contribution in [3.05, 3.63) is 94.5 Å². The van der Waals surface area contributed by atoms with Crippen LogP contribution in [0.1, 0.15) is 37.4 Å². The zero-order chi connectivity index (χ0) is 28.9. The fourth-order valence-corrected chi connectivity index (χ4v) is 4.77. The Balaban J connectivity index is 1.32. The highest BCUT2D eigenvalue weighted by molar-refractivity contribution is 6.37. The Morgan fingerprint density at radius 3 is 2.49 bits per heavy atom. The molecular weight excluding hydrogens is 526 g/mol. The first-order valence-corrected chi connectivity index (χ1v) is 13.1. The van der Waals surface area contributed by atoms with E-state index in [-0.39, 0.29) is 24.0 Å². The molecule has 0 aliphatic carbocycles. The molecule has 0 radical (unpaired) electrons. The number of rotatable bonds is 9. The third kappa shape index (κ3) is 6.26. The number of carbonyl (C=O) groups excluding carboxylic acids is 3. The van der Waals surface area contributed by atoms with Crippen LogP contribution in [-0.4, -0.2) is 66.5 Å². The van der Waals surface area contributed by atoms with Gasteiger partial charge >= 0.3 is 5.97 Å². The van der Waals surface area contributed by atoms with Crippen molar-refractivity contribution in [2.45, 2.75) is 6.92 Å². The number of nitrogens with one attached hydrogen (secondary N) is 4. The molecule has 11 nitrogen and oxygen atoms in total. The Morgan fingerprint density at radius 1 is 1.02 bits per heavy atom. The number of fused-ring (bicyclic) bond motifs is 1. The number of hydroxylamine groups is 1. The number of amides is 3. The largest absolute Gasteiger partial charge is 0.478 e. The SMILES string of the molecule is Cc1cc2c(cc1C(=O)O)NC(=O)C2=C(Nc1ccc(C(=O)NOCCN2CCNC(=O)C2)cc1)c1ccccc1. The Hall–Kier alpha value is -5.00. The van der Waals surface area contributed by atoms with Gasteiger partial charge in [-0.25, -0.2) is 10.3 Å². The van der Waals surface area contributed by atoms with Crippen LogP contribution >= 0.6 is 0 Å². The standard InChI is InChI=1S/C30H29N5O6/c1-18-15-23-24(16-22(18)30(39)40)33-29(38)26(23)27(19-5-3-2-4-6-19)32-21-9-7-20(8-10-21)28(37)34-41-14-13-35-12-11-31-25(36)17-35/h2-10,15-16,32H,11-14,17H2,1H3,(H,31,36)(H,33,38)(H,34,37)(H,39,40). The minimum Gasteiger partial charge on any atom is -0.478 e. The molecule has 5 rings (SSSR count).